The van der Waals surface area contributed by atoms with E-state index in [1.54, 1.807) is 0 Å². The van der Waals surface area contributed by atoms with E-state index in [-0.39, 0.29) is 10.8 Å². The first-order valence-electron chi connectivity index (χ1n) is 29.0. The summed E-state index contributed by atoms with van der Waals surface area (Å²) in [6, 6.07) is 80.8. The maximum atomic E-state index is 9.68. The van der Waals surface area contributed by atoms with Crippen LogP contribution >= 0.6 is 0 Å². The highest BCUT2D eigenvalue weighted by Gasteiger charge is 2.39. The monoisotopic (exact) mass is 1050 g/mol. The first kappa shape index (κ1) is 50.4. The van der Waals surface area contributed by atoms with Gasteiger partial charge in [0.05, 0.1) is 35.3 Å². The van der Waals surface area contributed by atoms with Gasteiger partial charge in [0, 0.05) is 46.1 Å². The second-order valence-corrected chi connectivity index (χ2v) is 23.0. The molecule has 0 bridgehead atoms. The normalized spacial score (nSPS) is 14.5. The van der Waals surface area contributed by atoms with E-state index in [0.717, 1.165) is 94.6 Å². The smallest absolute Gasteiger partial charge is 0.187 e. The molecule has 0 saturated heterocycles. The number of pyridine rings is 3. The third-order valence-corrected chi connectivity index (χ3v) is 18.1. The highest BCUT2D eigenvalue weighted by molar-refractivity contribution is 6.25. The molecule has 2 aliphatic rings. The Morgan fingerprint density at radius 3 is 1.49 bits per heavy atom. The van der Waals surface area contributed by atoms with Crippen LogP contribution in [0.4, 0.5) is 5.69 Å². The molecule has 5 nitrogen and oxygen atoms in total. The van der Waals surface area contributed by atoms with Crippen LogP contribution in [-0.2, 0) is 23.7 Å². The summed E-state index contributed by atoms with van der Waals surface area (Å²) in [6.45, 7) is 7.63. The quantitative estimate of drug-likeness (QED) is 0.0903. The molecule has 2 aliphatic carbocycles. The van der Waals surface area contributed by atoms with Crippen molar-refractivity contribution < 1.29 is 0 Å². The summed E-state index contributed by atoms with van der Waals surface area (Å²) in [6.07, 6.45) is 17.2. The van der Waals surface area contributed by atoms with E-state index in [4.69, 9.17) is 21.5 Å². The Balaban J connectivity index is 0.917. The van der Waals surface area contributed by atoms with E-state index in [9.17, 15) is 5.26 Å². The summed E-state index contributed by atoms with van der Waals surface area (Å²) in [7, 11) is 0. The summed E-state index contributed by atoms with van der Waals surface area (Å²) < 4.78 is 0. The highest BCUT2D eigenvalue weighted by atomic mass is 14.7. The van der Waals surface area contributed by atoms with Gasteiger partial charge in [-0.25, -0.2) is 4.85 Å². The summed E-state index contributed by atoms with van der Waals surface area (Å²) >= 11 is 0. The van der Waals surface area contributed by atoms with Crippen molar-refractivity contribution in [1.82, 2.24) is 15.0 Å². The SMILES string of the molecule is [C-]#[N+]c1cccc(-c2ccc(C3(Cc4cc(CC5(c6ccc(-c7cccc(C#N)c7)nc6)CCCC5)cc(-c5ccccc5-c5cnc(-c6ccccc6)cc5-c5ccc6c7ccccc7c7ccccc7c6c5)c4)CCCC3)cn2)c1. The number of benzene rings is 9. The summed E-state index contributed by atoms with van der Waals surface area (Å²) in [5, 5.41) is 17.2. The van der Waals surface area contributed by atoms with Crippen LogP contribution in [0.5, 0.6) is 0 Å². The third-order valence-electron chi connectivity index (χ3n) is 18.1. The Labute approximate surface area is 480 Å². The first-order valence-corrected chi connectivity index (χ1v) is 29.0. The number of aromatic nitrogens is 3. The predicted molar refractivity (Wildman–Crippen MR) is 337 cm³/mol. The van der Waals surface area contributed by atoms with Gasteiger partial charge in [0.1, 0.15) is 0 Å². The van der Waals surface area contributed by atoms with Crippen LogP contribution in [-0.4, -0.2) is 15.0 Å². The zero-order valence-corrected chi connectivity index (χ0v) is 45.8. The van der Waals surface area contributed by atoms with Gasteiger partial charge in [-0.05, 0) is 169 Å². The molecule has 2 fully saturated rings. The fraction of sp³-hybridized carbons (Fsp3) is 0.156. The minimum Gasteiger partial charge on any atom is -0.256 e. The van der Waals surface area contributed by atoms with Crippen LogP contribution in [0, 0.1) is 17.9 Å². The summed E-state index contributed by atoms with van der Waals surface area (Å²) in [5.74, 6) is 0. The van der Waals surface area contributed by atoms with E-state index in [2.05, 4.69) is 199 Å². The zero-order chi connectivity index (χ0) is 55.0. The zero-order valence-electron chi connectivity index (χ0n) is 45.8. The number of hydrogen-bond donors (Lipinski definition) is 0. The van der Waals surface area contributed by atoms with Gasteiger partial charge in [-0.2, -0.15) is 5.26 Å². The van der Waals surface area contributed by atoms with Crippen molar-refractivity contribution in [3.8, 4) is 73.2 Å². The number of nitriles is 1. The van der Waals surface area contributed by atoms with Crippen molar-refractivity contribution in [2.24, 2.45) is 0 Å². The Morgan fingerprint density at radius 2 is 0.902 bits per heavy atom. The second kappa shape index (κ2) is 21.3. The molecule has 0 unspecified atom stereocenters. The highest BCUT2D eigenvalue weighted by Crippen LogP contribution is 2.49. The maximum Gasteiger partial charge on any atom is 0.187 e. The van der Waals surface area contributed by atoms with Crippen LogP contribution in [0.15, 0.2) is 237 Å². The standard InChI is InChI=1S/C77H59N5/c1-79-62-22-16-21-58(43-62)74-34-31-61(50-81-74)77(37-13-14-38-77)47-54-39-53(46-76(35-11-12-36-76)60-30-33-73(80-49-60)57-20-15-17-52(40-57)48-78)41-59(42-54)63-23-5-6-24-64(63)72-51-82-75(55-18-3-2-4-19-55)45-70(72)56-29-32-69-67-27-8-7-25-65(67)66-26-9-10-28-68(66)71(69)44-56/h2-10,15-34,39-45,49-51H,11-14,35-38,46-47H2. The van der Waals surface area contributed by atoms with Crippen LogP contribution in [0.1, 0.15) is 79.2 Å². The molecule has 0 N–H and O–H groups in total. The first-order chi connectivity index (χ1) is 40.4. The van der Waals surface area contributed by atoms with Gasteiger partial charge in [0.2, 0.25) is 0 Å². The lowest BCUT2D eigenvalue weighted by molar-refractivity contribution is 0.431. The largest absolute Gasteiger partial charge is 0.256 e. The number of fused-ring (bicyclic) bond motifs is 6. The molecular weight excluding hydrogens is 995 g/mol. The molecule has 0 spiro atoms. The van der Waals surface area contributed by atoms with Crippen LogP contribution in [0.3, 0.4) is 0 Å². The molecule has 12 aromatic rings. The summed E-state index contributed by atoms with van der Waals surface area (Å²) in [4.78, 5) is 19.2. The average Bonchev–Trinajstić information content (AvgIpc) is 3.86. The predicted octanol–water partition coefficient (Wildman–Crippen LogP) is 19.9. The lowest BCUT2D eigenvalue weighted by Gasteiger charge is -2.32. The van der Waals surface area contributed by atoms with Crippen molar-refractivity contribution in [1.29, 1.82) is 5.26 Å². The number of nitrogens with zero attached hydrogens (tertiary/aromatic N) is 5. The van der Waals surface area contributed by atoms with Crippen LogP contribution in [0.25, 0.3) is 104 Å². The molecule has 0 aliphatic heterocycles. The van der Waals surface area contributed by atoms with Crippen molar-refractivity contribution in [3.63, 3.8) is 0 Å². The van der Waals surface area contributed by atoms with Crippen molar-refractivity contribution in [2.45, 2.75) is 75.0 Å². The Bertz CT molecular complexity index is 4300. The van der Waals surface area contributed by atoms with E-state index in [1.807, 2.05) is 48.5 Å². The molecular formula is C77H59N5. The average molecular weight is 1050 g/mol. The van der Waals surface area contributed by atoms with Gasteiger partial charge in [-0.3, -0.25) is 15.0 Å². The van der Waals surface area contributed by atoms with Crippen molar-refractivity contribution in [3.05, 3.63) is 276 Å². The summed E-state index contributed by atoms with van der Waals surface area (Å²) in [5.41, 5.74) is 18.9. The molecule has 0 amide bonds. The van der Waals surface area contributed by atoms with Gasteiger partial charge >= 0.3 is 0 Å². The molecule has 14 rings (SSSR count). The third kappa shape index (κ3) is 9.39. The van der Waals surface area contributed by atoms with Gasteiger partial charge < -0.3 is 0 Å². The molecule has 82 heavy (non-hydrogen) atoms. The van der Waals surface area contributed by atoms with Gasteiger partial charge in [-0.15, -0.1) is 0 Å². The van der Waals surface area contributed by atoms with Gasteiger partial charge in [0.25, 0.3) is 0 Å². The van der Waals surface area contributed by atoms with Crippen molar-refractivity contribution in [2.75, 3.05) is 0 Å². The Hall–Kier alpha value is -9.81. The number of rotatable bonds is 12. The Morgan fingerprint density at radius 1 is 0.378 bits per heavy atom. The Kier molecular flexibility index (Phi) is 13.1. The maximum absolute atomic E-state index is 9.68. The van der Waals surface area contributed by atoms with E-state index in [1.165, 1.54) is 91.4 Å². The van der Waals surface area contributed by atoms with Gasteiger partial charge in [-0.1, -0.05) is 202 Å². The molecule has 0 radical (unpaired) electrons. The minimum atomic E-state index is -0.0826. The topological polar surface area (TPSA) is 66.8 Å². The van der Waals surface area contributed by atoms with Crippen molar-refractivity contribution >= 4 is 38.0 Å². The lowest BCUT2D eigenvalue weighted by atomic mass is 9.72. The van der Waals surface area contributed by atoms with E-state index < -0.39 is 0 Å². The number of hydrogen-bond acceptors (Lipinski definition) is 4. The van der Waals surface area contributed by atoms with E-state index in [0.29, 0.717) is 11.3 Å². The molecule has 2 saturated carbocycles. The van der Waals surface area contributed by atoms with E-state index >= 15 is 0 Å². The molecule has 0 atom stereocenters. The van der Waals surface area contributed by atoms with Crippen LogP contribution in [0.2, 0.25) is 0 Å². The second-order valence-electron chi connectivity index (χ2n) is 23.0. The lowest BCUT2D eigenvalue weighted by Crippen LogP contribution is -2.27. The fourth-order valence-electron chi connectivity index (χ4n) is 14.1. The fourth-order valence-corrected chi connectivity index (χ4v) is 14.1. The molecule has 392 valence electrons. The van der Waals surface area contributed by atoms with Crippen LogP contribution < -0.4 is 0 Å². The molecule has 9 aromatic carbocycles. The molecule has 3 heterocycles. The molecule has 5 heteroatoms. The molecule has 3 aromatic heterocycles. The minimum absolute atomic E-state index is 0.0805. The van der Waals surface area contributed by atoms with Gasteiger partial charge in [0.15, 0.2) is 5.69 Å².